The molecule has 0 bridgehead atoms. The van der Waals surface area contributed by atoms with Crippen LogP contribution in [0.2, 0.25) is 0 Å². The number of nitrogens with two attached hydrogens (primary N) is 1. The fourth-order valence-electron chi connectivity index (χ4n) is 3.42. The summed E-state index contributed by atoms with van der Waals surface area (Å²) in [5.74, 6) is 1.14. The van der Waals surface area contributed by atoms with Crippen LogP contribution in [-0.2, 0) is 19.3 Å². The molecule has 5 nitrogen and oxygen atoms in total. The lowest BCUT2D eigenvalue weighted by atomic mass is 10.0. The lowest BCUT2D eigenvalue weighted by molar-refractivity contribution is 0.0847. The fraction of sp³-hybridized carbons (Fsp3) is 0.368. The number of carbonyl (C=O) groups excluding carboxylic acids is 1. The van der Waals surface area contributed by atoms with Crippen molar-refractivity contribution in [3.05, 3.63) is 52.8 Å². The molecule has 2 aromatic rings. The van der Waals surface area contributed by atoms with Gasteiger partial charge in [0.05, 0.1) is 11.3 Å². The molecule has 2 N–H and O–H groups in total. The summed E-state index contributed by atoms with van der Waals surface area (Å²) >= 11 is 0. The normalized spacial score (nSPS) is 18.2. The number of hydrogen-bond donors (Lipinski definition) is 1. The molecule has 1 aliphatic carbocycles. The highest BCUT2D eigenvalue weighted by Gasteiger charge is 2.23. The first-order valence-electron chi connectivity index (χ1n) is 8.40. The highest BCUT2D eigenvalue weighted by atomic mass is 16.6. The molecule has 0 radical (unpaired) electrons. The maximum absolute atomic E-state index is 11.8. The van der Waals surface area contributed by atoms with E-state index in [9.17, 15) is 4.79 Å². The molecule has 0 spiro atoms. The SMILES string of the molecule is NC(=O)c1cc2c(nc1CC[C@@H]1COc3ccccc3O1)CCC2. The third-order valence-electron chi connectivity index (χ3n) is 4.67. The van der Waals surface area contributed by atoms with E-state index in [1.54, 1.807) is 0 Å². The van der Waals surface area contributed by atoms with E-state index in [0.717, 1.165) is 48.6 Å². The van der Waals surface area contributed by atoms with E-state index in [4.69, 9.17) is 20.2 Å². The number of rotatable bonds is 4. The number of para-hydroxylation sites is 2. The standard InChI is InChI=1S/C19H20N2O3/c20-19(22)14-10-12-4-3-5-15(12)21-16(14)9-8-13-11-23-17-6-1-2-7-18(17)24-13/h1-2,6-7,10,13H,3-5,8-9,11H2,(H2,20,22)/t13-/m1/s1. The van der Waals surface area contributed by atoms with E-state index in [0.29, 0.717) is 18.6 Å². The molecule has 1 atom stereocenters. The molecule has 2 heterocycles. The molecule has 1 aliphatic heterocycles. The van der Waals surface area contributed by atoms with Gasteiger partial charge in [-0.1, -0.05) is 12.1 Å². The van der Waals surface area contributed by atoms with E-state index < -0.39 is 5.91 Å². The van der Waals surface area contributed by atoms with Crippen LogP contribution >= 0.6 is 0 Å². The molecule has 1 aromatic heterocycles. The van der Waals surface area contributed by atoms with Gasteiger partial charge in [0.1, 0.15) is 12.7 Å². The van der Waals surface area contributed by atoms with Crippen LogP contribution in [0.3, 0.4) is 0 Å². The summed E-state index contributed by atoms with van der Waals surface area (Å²) < 4.78 is 11.7. The van der Waals surface area contributed by atoms with Crippen LogP contribution in [0.5, 0.6) is 11.5 Å². The zero-order valence-electron chi connectivity index (χ0n) is 13.5. The van der Waals surface area contributed by atoms with Crippen LogP contribution < -0.4 is 15.2 Å². The van der Waals surface area contributed by atoms with Crippen LogP contribution in [0.4, 0.5) is 0 Å². The van der Waals surface area contributed by atoms with Crippen LogP contribution in [0.25, 0.3) is 0 Å². The van der Waals surface area contributed by atoms with Gasteiger partial charge in [0.25, 0.3) is 5.91 Å². The summed E-state index contributed by atoms with van der Waals surface area (Å²) in [7, 11) is 0. The fourth-order valence-corrected chi connectivity index (χ4v) is 3.42. The molecule has 24 heavy (non-hydrogen) atoms. The first-order chi connectivity index (χ1) is 11.7. The van der Waals surface area contributed by atoms with Gasteiger partial charge in [-0.05, 0) is 55.9 Å². The van der Waals surface area contributed by atoms with Gasteiger partial charge in [-0.25, -0.2) is 0 Å². The third-order valence-corrected chi connectivity index (χ3v) is 4.67. The second-order valence-corrected chi connectivity index (χ2v) is 6.34. The van der Waals surface area contributed by atoms with Crippen LogP contribution in [0.15, 0.2) is 30.3 Å². The Balaban J connectivity index is 1.49. The molecular weight excluding hydrogens is 304 g/mol. The lowest BCUT2D eigenvalue weighted by Crippen LogP contribution is -2.30. The molecular formula is C19H20N2O3. The molecule has 5 heteroatoms. The Hall–Kier alpha value is -2.56. The molecule has 0 saturated carbocycles. The maximum Gasteiger partial charge on any atom is 0.250 e. The molecule has 4 rings (SSSR count). The summed E-state index contributed by atoms with van der Waals surface area (Å²) in [6.07, 6.45) is 4.41. The molecule has 0 fully saturated rings. The highest BCUT2D eigenvalue weighted by molar-refractivity contribution is 5.94. The van der Waals surface area contributed by atoms with Crippen molar-refractivity contribution in [1.82, 2.24) is 4.98 Å². The first-order valence-corrected chi connectivity index (χ1v) is 8.40. The largest absolute Gasteiger partial charge is 0.486 e. The summed E-state index contributed by atoms with van der Waals surface area (Å²) in [6.45, 7) is 0.508. The van der Waals surface area contributed by atoms with Gasteiger partial charge >= 0.3 is 0 Å². The number of ether oxygens (including phenoxy) is 2. The number of aryl methyl sites for hydroxylation is 3. The second-order valence-electron chi connectivity index (χ2n) is 6.34. The molecule has 1 aromatic carbocycles. The molecule has 1 amide bonds. The van der Waals surface area contributed by atoms with Gasteiger partial charge in [-0.3, -0.25) is 9.78 Å². The van der Waals surface area contributed by atoms with Crippen molar-refractivity contribution >= 4 is 5.91 Å². The number of aromatic nitrogens is 1. The first kappa shape index (κ1) is 15.0. The Labute approximate surface area is 140 Å². The zero-order valence-corrected chi connectivity index (χ0v) is 13.5. The third kappa shape index (κ3) is 2.82. The van der Waals surface area contributed by atoms with Gasteiger partial charge in [0, 0.05) is 5.69 Å². The minimum Gasteiger partial charge on any atom is -0.486 e. The molecule has 0 unspecified atom stereocenters. The predicted octanol–water partition coefficient (Wildman–Crippen LogP) is 2.44. The number of nitrogens with zero attached hydrogens (tertiary/aromatic N) is 1. The number of benzene rings is 1. The monoisotopic (exact) mass is 324 g/mol. The van der Waals surface area contributed by atoms with Crippen molar-refractivity contribution in [3.8, 4) is 11.5 Å². The van der Waals surface area contributed by atoms with Crippen molar-refractivity contribution in [2.75, 3.05) is 6.61 Å². The van der Waals surface area contributed by atoms with Gasteiger partial charge < -0.3 is 15.2 Å². The molecule has 0 saturated heterocycles. The van der Waals surface area contributed by atoms with Gasteiger partial charge in [0.15, 0.2) is 11.5 Å². The Bertz CT molecular complexity index is 788. The highest BCUT2D eigenvalue weighted by Crippen LogP contribution is 2.32. The van der Waals surface area contributed by atoms with Crippen LogP contribution in [-0.4, -0.2) is 23.6 Å². The molecule has 124 valence electrons. The van der Waals surface area contributed by atoms with E-state index >= 15 is 0 Å². The van der Waals surface area contributed by atoms with E-state index in [2.05, 4.69) is 0 Å². The number of pyridine rings is 1. The number of amides is 1. The zero-order chi connectivity index (χ0) is 16.5. The van der Waals surface area contributed by atoms with Crippen molar-refractivity contribution in [2.45, 2.75) is 38.2 Å². The lowest BCUT2D eigenvalue weighted by Gasteiger charge is -2.26. The number of carbonyl (C=O) groups is 1. The van der Waals surface area contributed by atoms with Crippen LogP contribution in [0, 0.1) is 0 Å². The van der Waals surface area contributed by atoms with E-state index in [1.807, 2.05) is 30.3 Å². The summed E-state index contributed by atoms with van der Waals surface area (Å²) in [6, 6.07) is 9.59. The van der Waals surface area contributed by atoms with Gasteiger partial charge in [0.2, 0.25) is 0 Å². The number of hydrogen-bond acceptors (Lipinski definition) is 4. The second kappa shape index (κ2) is 6.15. The Morgan fingerprint density at radius 3 is 2.92 bits per heavy atom. The summed E-state index contributed by atoms with van der Waals surface area (Å²) in [5, 5.41) is 0. The van der Waals surface area contributed by atoms with Gasteiger partial charge in [-0.15, -0.1) is 0 Å². The Kier molecular flexibility index (Phi) is 3.84. The average Bonchev–Trinajstić information content (AvgIpc) is 3.06. The summed E-state index contributed by atoms with van der Waals surface area (Å²) in [5.41, 5.74) is 9.16. The van der Waals surface area contributed by atoms with Crippen molar-refractivity contribution in [1.29, 1.82) is 0 Å². The van der Waals surface area contributed by atoms with Gasteiger partial charge in [-0.2, -0.15) is 0 Å². The molecule has 2 aliphatic rings. The Morgan fingerprint density at radius 2 is 2.08 bits per heavy atom. The minimum atomic E-state index is -0.404. The topological polar surface area (TPSA) is 74.4 Å². The quantitative estimate of drug-likeness (QED) is 0.937. The predicted molar refractivity (Wildman–Crippen MR) is 89.5 cm³/mol. The average molecular weight is 324 g/mol. The van der Waals surface area contributed by atoms with Crippen molar-refractivity contribution in [2.24, 2.45) is 5.73 Å². The van der Waals surface area contributed by atoms with E-state index in [1.165, 1.54) is 5.56 Å². The van der Waals surface area contributed by atoms with Crippen molar-refractivity contribution < 1.29 is 14.3 Å². The number of fused-ring (bicyclic) bond motifs is 2. The number of primary amides is 1. The smallest absolute Gasteiger partial charge is 0.250 e. The Morgan fingerprint density at radius 1 is 1.25 bits per heavy atom. The minimum absolute atomic E-state index is 0.0457. The van der Waals surface area contributed by atoms with Crippen LogP contribution in [0.1, 0.15) is 40.2 Å². The summed E-state index contributed by atoms with van der Waals surface area (Å²) in [4.78, 5) is 16.5. The van der Waals surface area contributed by atoms with Crippen molar-refractivity contribution in [3.63, 3.8) is 0 Å². The van der Waals surface area contributed by atoms with E-state index in [-0.39, 0.29) is 6.10 Å². The maximum atomic E-state index is 11.8.